The zero-order valence-corrected chi connectivity index (χ0v) is 14.7. The highest BCUT2D eigenvalue weighted by atomic mass is 19.1. The van der Waals surface area contributed by atoms with Crippen molar-refractivity contribution in [2.45, 2.75) is 19.9 Å². The van der Waals surface area contributed by atoms with Crippen molar-refractivity contribution in [3.05, 3.63) is 65.2 Å². The lowest BCUT2D eigenvalue weighted by atomic mass is 10.1. The number of amides is 2. The van der Waals surface area contributed by atoms with E-state index < -0.39 is 36.2 Å². The molecule has 8 heteroatoms. The average molecular weight is 376 g/mol. The Morgan fingerprint density at radius 3 is 2.52 bits per heavy atom. The Bertz CT molecular complexity index is 871. The molecule has 0 fully saturated rings. The van der Waals surface area contributed by atoms with Crippen molar-refractivity contribution in [3.63, 3.8) is 0 Å². The number of ether oxygens (including phenoxy) is 1. The van der Waals surface area contributed by atoms with E-state index in [0.717, 1.165) is 12.1 Å². The Balaban J connectivity index is 1.91. The first-order valence-corrected chi connectivity index (χ1v) is 8.05. The van der Waals surface area contributed by atoms with Crippen molar-refractivity contribution >= 4 is 23.5 Å². The molecule has 2 aromatic rings. The molecule has 27 heavy (non-hydrogen) atoms. The third-order valence-corrected chi connectivity index (χ3v) is 3.56. The lowest BCUT2D eigenvalue weighted by Crippen LogP contribution is -2.31. The Morgan fingerprint density at radius 2 is 1.85 bits per heavy atom. The van der Waals surface area contributed by atoms with Gasteiger partial charge in [0.1, 0.15) is 11.6 Å². The maximum atomic E-state index is 13.7. The van der Waals surface area contributed by atoms with Crippen molar-refractivity contribution in [1.82, 2.24) is 5.32 Å². The molecule has 0 heterocycles. The minimum atomic E-state index is -0.783. The molecule has 0 spiro atoms. The van der Waals surface area contributed by atoms with Crippen LogP contribution in [-0.4, -0.2) is 24.4 Å². The van der Waals surface area contributed by atoms with E-state index in [1.165, 1.54) is 32.0 Å². The van der Waals surface area contributed by atoms with Crippen molar-refractivity contribution in [3.8, 4) is 0 Å². The van der Waals surface area contributed by atoms with Crippen molar-refractivity contribution < 1.29 is 27.9 Å². The third-order valence-electron chi connectivity index (χ3n) is 3.56. The fourth-order valence-corrected chi connectivity index (χ4v) is 2.36. The Kier molecular flexibility index (Phi) is 6.59. The van der Waals surface area contributed by atoms with Crippen LogP contribution in [0.2, 0.25) is 0 Å². The first-order valence-electron chi connectivity index (χ1n) is 8.05. The van der Waals surface area contributed by atoms with Crippen molar-refractivity contribution in [2.24, 2.45) is 0 Å². The molecule has 0 radical (unpaired) electrons. The number of carbonyl (C=O) groups excluding carboxylic acids is 3. The van der Waals surface area contributed by atoms with E-state index in [1.807, 2.05) is 0 Å². The van der Waals surface area contributed by atoms with E-state index in [2.05, 4.69) is 10.6 Å². The molecule has 0 aliphatic carbocycles. The predicted octanol–water partition coefficient (Wildman–Crippen LogP) is 2.96. The van der Waals surface area contributed by atoms with E-state index in [1.54, 1.807) is 12.1 Å². The molecule has 0 aromatic heterocycles. The van der Waals surface area contributed by atoms with E-state index in [0.29, 0.717) is 5.69 Å². The highest BCUT2D eigenvalue weighted by Crippen LogP contribution is 2.17. The Hall–Kier alpha value is -3.29. The Labute approximate surface area is 154 Å². The summed E-state index contributed by atoms with van der Waals surface area (Å²) in [5.41, 5.74) is 0.688. The van der Waals surface area contributed by atoms with E-state index in [-0.39, 0.29) is 17.0 Å². The summed E-state index contributed by atoms with van der Waals surface area (Å²) in [6.45, 7) is 2.28. The van der Waals surface area contributed by atoms with Crippen LogP contribution in [0, 0.1) is 11.6 Å². The molecule has 0 saturated heterocycles. The van der Waals surface area contributed by atoms with E-state index in [4.69, 9.17) is 4.74 Å². The number of nitrogens with one attached hydrogen (secondary N) is 2. The minimum absolute atomic E-state index is 0.110. The summed E-state index contributed by atoms with van der Waals surface area (Å²) in [5.74, 6) is -3.18. The highest BCUT2D eigenvalue weighted by Gasteiger charge is 2.16. The molecule has 6 nitrogen and oxygen atoms in total. The SMILES string of the molecule is CC(=O)Nc1cccc(C(=O)OCC(=O)N[C@@H](C)c2ccc(F)cc2F)c1. The summed E-state index contributed by atoms with van der Waals surface area (Å²) in [7, 11) is 0. The maximum Gasteiger partial charge on any atom is 0.338 e. The number of halogens is 2. The lowest BCUT2D eigenvalue weighted by molar-refractivity contribution is -0.124. The zero-order valence-electron chi connectivity index (χ0n) is 14.7. The van der Waals surface area contributed by atoms with Crippen LogP contribution in [0.15, 0.2) is 42.5 Å². The summed E-state index contributed by atoms with van der Waals surface area (Å²) in [4.78, 5) is 35.0. The number of anilines is 1. The molecule has 142 valence electrons. The fraction of sp³-hybridized carbons (Fsp3) is 0.211. The first kappa shape index (κ1) is 20.0. The number of hydrogen-bond acceptors (Lipinski definition) is 4. The molecule has 0 bridgehead atoms. The van der Waals surface area contributed by atoms with Crippen molar-refractivity contribution in [2.75, 3.05) is 11.9 Å². The summed E-state index contributed by atoms with van der Waals surface area (Å²) in [6, 6.07) is 8.35. The lowest BCUT2D eigenvalue weighted by Gasteiger charge is -2.15. The van der Waals surface area contributed by atoms with Gasteiger partial charge in [-0.3, -0.25) is 9.59 Å². The van der Waals surface area contributed by atoms with Gasteiger partial charge in [0, 0.05) is 24.2 Å². The van der Waals surface area contributed by atoms with E-state index >= 15 is 0 Å². The van der Waals surface area contributed by atoms with Gasteiger partial charge >= 0.3 is 5.97 Å². The van der Waals surface area contributed by atoms with Crippen LogP contribution in [0.4, 0.5) is 14.5 Å². The van der Waals surface area contributed by atoms with E-state index in [9.17, 15) is 23.2 Å². The van der Waals surface area contributed by atoms with Gasteiger partial charge in [-0.25, -0.2) is 13.6 Å². The molecule has 0 saturated carbocycles. The zero-order chi connectivity index (χ0) is 20.0. The number of esters is 1. The quantitative estimate of drug-likeness (QED) is 0.759. The Morgan fingerprint density at radius 1 is 1.11 bits per heavy atom. The molecule has 2 amide bonds. The summed E-state index contributed by atoms with van der Waals surface area (Å²) in [6.07, 6.45) is 0. The van der Waals surface area contributed by atoms with Gasteiger partial charge < -0.3 is 15.4 Å². The largest absolute Gasteiger partial charge is 0.452 e. The van der Waals surface area contributed by atoms with Gasteiger partial charge in [-0.2, -0.15) is 0 Å². The van der Waals surface area contributed by atoms with Gasteiger partial charge in [-0.05, 0) is 31.2 Å². The van der Waals surface area contributed by atoms with Gasteiger partial charge in [0.05, 0.1) is 11.6 Å². The van der Waals surface area contributed by atoms with Crippen LogP contribution in [0.1, 0.15) is 35.8 Å². The minimum Gasteiger partial charge on any atom is -0.452 e. The van der Waals surface area contributed by atoms with Gasteiger partial charge in [0.25, 0.3) is 5.91 Å². The number of carbonyl (C=O) groups is 3. The molecular formula is C19H18F2N2O4. The van der Waals surface area contributed by atoms with Gasteiger partial charge in [0.2, 0.25) is 5.91 Å². The number of benzene rings is 2. The molecule has 2 N–H and O–H groups in total. The maximum absolute atomic E-state index is 13.7. The second-order valence-electron chi connectivity index (χ2n) is 5.79. The second kappa shape index (κ2) is 8.88. The van der Waals surface area contributed by atoms with Crippen LogP contribution in [-0.2, 0) is 14.3 Å². The standard InChI is InChI=1S/C19H18F2N2O4/c1-11(16-7-6-14(20)9-17(16)21)22-18(25)10-27-19(26)13-4-3-5-15(8-13)23-12(2)24/h3-9,11H,10H2,1-2H3,(H,22,25)(H,23,24)/t11-/m0/s1. The predicted molar refractivity (Wildman–Crippen MR) is 93.9 cm³/mol. The van der Waals surface area contributed by atoms with Crippen LogP contribution in [0.25, 0.3) is 0 Å². The van der Waals surface area contributed by atoms with Gasteiger partial charge in [0.15, 0.2) is 6.61 Å². The summed E-state index contributed by atoms with van der Waals surface area (Å²) >= 11 is 0. The third kappa shape index (κ3) is 5.88. The first-order chi connectivity index (χ1) is 12.8. The molecular weight excluding hydrogens is 358 g/mol. The summed E-state index contributed by atoms with van der Waals surface area (Å²) in [5, 5.41) is 5.00. The molecule has 0 unspecified atom stereocenters. The topological polar surface area (TPSA) is 84.5 Å². The monoisotopic (exact) mass is 376 g/mol. The summed E-state index contributed by atoms with van der Waals surface area (Å²) < 4.78 is 31.6. The smallest absolute Gasteiger partial charge is 0.338 e. The van der Waals surface area contributed by atoms with Crippen LogP contribution in [0.5, 0.6) is 0 Å². The highest BCUT2D eigenvalue weighted by molar-refractivity contribution is 5.94. The van der Waals surface area contributed by atoms with Gasteiger partial charge in [-0.15, -0.1) is 0 Å². The van der Waals surface area contributed by atoms with Crippen LogP contribution < -0.4 is 10.6 Å². The molecule has 0 aliphatic rings. The molecule has 2 aromatic carbocycles. The van der Waals surface area contributed by atoms with Crippen LogP contribution in [0.3, 0.4) is 0 Å². The number of rotatable bonds is 6. The van der Waals surface area contributed by atoms with Crippen LogP contribution >= 0.6 is 0 Å². The average Bonchev–Trinajstić information content (AvgIpc) is 2.59. The number of hydrogen-bond donors (Lipinski definition) is 2. The molecule has 1 atom stereocenters. The fourth-order valence-electron chi connectivity index (χ4n) is 2.36. The molecule has 0 aliphatic heterocycles. The second-order valence-corrected chi connectivity index (χ2v) is 5.79. The van der Waals surface area contributed by atoms with Gasteiger partial charge in [-0.1, -0.05) is 12.1 Å². The van der Waals surface area contributed by atoms with Crippen molar-refractivity contribution in [1.29, 1.82) is 0 Å². The molecule has 2 rings (SSSR count). The normalized spacial score (nSPS) is 11.4.